The number of benzene rings is 2. The van der Waals surface area contributed by atoms with E-state index >= 15 is 0 Å². The van der Waals surface area contributed by atoms with E-state index in [0.29, 0.717) is 12.1 Å². The zero-order valence-corrected chi connectivity index (χ0v) is 17.1. The van der Waals surface area contributed by atoms with Crippen molar-refractivity contribution in [1.29, 1.82) is 0 Å². The average molecular weight is 414 g/mol. The molecule has 0 aliphatic heterocycles. The molecule has 31 heavy (non-hydrogen) atoms. The molecule has 0 aliphatic rings. The van der Waals surface area contributed by atoms with Crippen molar-refractivity contribution in [2.45, 2.75) is 18.9 Å². The number of nitrogens with zero attached hydrogens (tertiary/aromatic N) is 3. The van der Waals surface area contributed by atoms with Gasteiger partial charge in [-0.2, -0.15) is 0 Å². The van der Waals surface area contributed by atoms with E-state index in [9.17, 15) is 14.9 Å². The topological polar surface area (TPSA) is 90.1 Å². The third-order valence-corrected chi connectivity index (χ3v) is 5.44. The van der Waals surface area contributed by atoms with Crippen molar-refractivity contribution in [2.24, 2.45) is 7.05 Å². The lowest BCUT2D eigenvalue weighted by molar-refractivity contribution is -0.385. The summed E-state index contributed by atoms with van der Waals surface area (Å²) >= 11 is 0. The van der Waals surface area contributed by atoms with Gasteiger partial charge in [-0.05, 0) is 29.3 Å². The van der Waals surface area contributed by atoms with Crippen molar-refractivity contribution < 1.29 is 9.72 Å². The Hall–Kier alpha value is -4.00. The molecule has 7 nitrogen and oxygen atoms in total. The van der Waals surface area contributed by atoms with Crippen molar-refractivity contribution in [3.8, 4) is 0 Å². The van der Waals surface area contributed by atoms with Crippen molar-refractivity contribution in [3.63, 3.8) is 0 Å². The van der Waals surface area contributed by atoms with E-state index in [1.807, 2.05) is 54.2 Å². The maximum Gasteiger partial charge on any atom is 0.273 e. The number of aryl methyl sites for hydroxylation is 1. The first-order chi connectivity index (χ1) is 15.0. The predicted molar refractivity (Wildman–Crippen MR) is 119 cm³/mol. The van der Waals surface area contributed by atoms with Crippen LogP contribution in [0.15, 0.2) is 79.3 Å². The van der Waals surface area contributed by atoms with Crippen LogP contribution in [-0.2, 0) is 18.4 Å². The monoisotopic (exact) mass is 414 g/mol. The molecule has 0 bridgehead atoms. The van der Waals surface area contributed by atoms with Gasteiger partial charge in [-0.3, -0.25) is 19.9 Å². The van der Waals surface area contributed by atoms with E-state index in [1.165, 1.54) is 6.07 Å². The number of amides is 1. The highest BCUT2D eigenvalue weighted by Gasteiger charge is 2.28. The molecule has 1 amide bonds. The number of aromatic nitrogens is 2. The van der Waals surface area contributed by atoms with Gasteiger partial charge in [0.25, 0.3) is 5.69 Å². The molecule has 4 aromatic rings. The van der Waals surface area contributed by atoms with Gasteiger partial charge in [0.1, 0.15) is 0 Å². The highest BCUT2D eigenvalue weighted by molar-refractivity contribution is 5.87. The zero-order valence-electron chi connectivity index (χ0n) is 17.1. The summed E-state index contributed by atoms with van der Waals surface area (Å²) in [6.07, 6.45) is 5.41. The van der Waals surface area contributed by atoms with Crippen LogP contribution in [0.1, 0.15) is 29.0 Å². The van der Waals surface area contributed by atoms with Crippen LogP contribution in [-0.4, -0.2) is 20.4 Å². The number of fused-ring (bicyclic) bond motifs is 1. The van der Waals surface area contributed by atoms with E-state index in [1.54, 1.807) is 30.6 Å². The van der Waals surface area contributed by atoms with Crippen molar-refractivity contribution in [1.82, 2.24) is 14.9 Å². The molecule has 0 spiro atoms. The smallest absolute Gasteiger partial charge is 0.273 e. The zero-order chi connectivity index (χ0) is 21.8. The van der Waals surface area contributed by atoms with E-state index < -0.39 is 5.92 Å². The predicted octanol–water partition coefficient (Wildman–Crippen LogP) is 4.32. The third kappa shape index (κ3) is 4.30. The number of para-hydroxylation sites is 2. The van der Waals surface area contributed by atoms with E-state index in [0.717, 1.165) is 22.0 Å². The Kier molecular flexibility index (Phi) is 5.75. The van der Waals surface area contributed by atoms with Crippen LogP contribution in [0.4, 0.5) is 5.69 Å². The number of hydrogen-bond acceptors (Lipinski definition) is 4. The van der Waals surface area contributed by atoms with Gasteiger partial charge in [0.05, 0.1) is 4.92 Å². The molecule has 1 N–H and O–H groups in total. The SMILES string of the molecule is Cn1cc([C@H](CC(=O)NCc2ccncc2)c2ccccc2[N+](=O)[O-])c2ccccc21. The normalized spacial score (nSPS) is 11.9. The minimum absolute atomic E-state index is 0.0161. The summed E-state index contributed by atoms with van der Waals surface area (Å²) < 4.78 is 1.99. The lowest BCUT2D eigenvalue weighted by Crippen LogP contribution is -2.25. The van der Waals surface area contributed by atoms with Crippen molar-refractivity contribution >= 4 is 22.5 Å². The van der Waals surface area contributed by atoms with Gasteiger partial charge in [-0.15, -0.1) is 0 Å². The summed E-state index contributed by atoms with van der Waals surface area (Å²) in [4.78, 5) is 28.2. The van der Waals surface area contributed by atoms with Crippen LogP contribution in [0.5, 0.6) is 0 Å². The third-order valence-electron chi connectivity index (χ3n) is 5.44. The van der Waals surface area contributed by atoms with Crippen molar-refractivity contribution in [3.05, 3.63) is 106 Å². The lowest BCUT2D eigenvalue weighted by atomic mass is 9.87. The molecule has 7 heteroatoms. The van der Waals surface area contributed by atoms with Crippen LogP contribution < -0.4 is 5.32 Å². The van der Waals surface area contributed by atoms with Gasteiger partial charge in [0.2, 0.25) is 5.91 Å². The van der Waals surface area contributed by atoms with E-state index in [2.05, 4.69) is 10.3 Å². The molecule has 156 valence electrons. The average Bonchev–Trinajstić information content (AvgIpc) is 3.13. The number of nitrogens with one attached hydrogen (secondary N) is 1. The summed E-state index contributed by atoms with van der Waals surface area (Å²) in [5.41, 5.74) is 3.39. The number of pyridine rings is 1. The van der Waals surface area contributed by atoms with Crippen LogP contribution >= 0.6 is 0 Å². The molecule has 0 saturated heterocycles. The quantitative estimate of drug-likeness (QED) is 0.360. The summed E-state index contributed by atoms with van der Waals surface area (Å²) in [6, 6.07) is 18.2. The number of nitro benzene ring substituents is 1. The molecule has 0 fully saturated rings. The highest BCUT2D eigenvalue weighted by Crippen LogP contribution is 2.38. The summed E-state index contributed by atoms with van der Waals surface area (Å²) in [6.45, 7) is 0.375. The Morgan fingerprint density at radius 2 is 1.77 bits per heavy atom. The number of nitro groups is 1. The second-order valence-corrected chi connectivity index (χ2v) is 7.42. The fraction of sp³-hybridized carbons (Fsp3) is 0.167. The Bertz CT molecular complexity index is 1230. The van der Waals surface area contributed by atoms with Crippen LogP contribution in [0.25, 0.3) is 10.9 Å². The Morgan fingerprint density at radius 1 is 1.06 bits per heavy atom. The molecule has 2 aromatic carbocycles. The summed E-state index contributed by atoms with van der Waals surface area (Å²) in [5, 5.41) is 15.6. The largest absolute Gasteiger partial charge is 0.352 e. The standard InChI is InChI=1S/C24H22N4O3/c1-27-16-21(19-7-2-4-8-22(19)27)20(18-6-3-5-9-23(18)28(30)31)14-24(29)26-15-17-10-12-25-13-11-17/h2-13,16,20H,14-15H2,1H3,(H,26,29)/t20-/m1/s1. The van der Waals surface area contributed by atoms with Gasteiger partial charge in [-0.1, -0.05) is 36.4 Å². The summed E-state index contributed by atoms with van der Waals surface area (Å²) in [5.74, 6) is -0.627. The maximum atomic E-state index is 12.9. The first-order valence-electron chi connectivity index (χ1n) is 9.97. The molecule has 2 aromatic heterocycles. The molecule has 0 aliphatic carbocycles. The van der Waals surface area contributed by atoms with Gasteiger partial charge in [-0.25, -0.2) is 0 Å². The lowest BCUT2D eigenvalue weighted by Gasteiger charge is -2.17. The number of carbonyl (C=O) groups is 1. The molecule has 0 unspecified atom stereocenters. The molecule has 0 radical (unpaired) electrons. The fourth-order valence-electron chi connectivity index (χ4n) is 3.95. The Morgan fingerprint density at radius 3 is 2.55 bits per heavy atom. The Balaban J connectivity index is 1.71. The molecule has 4 rings (SSSR count). The Labute approximate surface area is 179 Å². The van der Waals surface area contributed by atoms with Crippen LogP contribution in [0.2, 0.25) is 0 Å². The molecular weight excluding hydrogens is 392 g/mol. The van der Waals surface area contributed by atoms with Crippen molar-refractivity contribution in [2.75, 3.05) is 0 Å². The van der Waals surface area contributed by atoms with Crippen LogP contribution in [0.3, 0.4) is 0 Å². The second kappa shape index (κ2) is 8.79. The van der Waals surface area contributed by atoms with Gasteiger partial charge in [0.15, 0.2) is 0 Å². The highest BCUT2D eigenvalue weighted by atomic mass is 16.6. The molecule has 2 heterocycles. The van der Waals surface area contributed by atoms with Gasteiger partial charge >= 0.3 is 0 Å². The maximum absolute atomic E-state index is 12.9. The van der Waals surface area contributed by atoms with Gasteiger partial charge < -0.3 is 9.88 Å². The molecular formula is C24H22N4O3. The molecule has 0 saturated carbocycles. The second-order valence-electron chi connectivity index (χ2n) is 7.42. The first kappa shape index (κ1) is 20.3. The summed E-state index contributed by atoms with van der Waals surface area (Å²) in [7, 11) is 1.94. The van der Waals surface area contributed by atoms with Crippen LogP contribution in [0, 0.1) is 10.1 Å². The van der Waals surface area contributed by atoms with Gasteiger partial charge in [0, 0.05) is 67.1 Å². The molecule has 1 atom stereocenters. The fourth-order valence-corrected chi connectivity index (χ4v) is 3.95. The number of hydrogen-bond donors (Lipinski definition) is 1. The minimum Gasteiger partial charge on any atom is -0.352 e. The first-order valence-corrected chi connectivity index (χ1v) is 9.97. The van der Waals surface area contributed by atoms with E-state index in [4.69, 9.17) is 0 Å². The number of carbonyl (C=O) groups excluding carboxylic acids is 1. The van der Waals surface area contributed by atoms with E-state index in [-0.39, 0.29) is 22.9 Å². The number of rotatable bonds is 7. The minimum atomic E-state index is -0.454.